The van der Waals surface area contributed by atoms with Crippen molar-refractivity contribution in [2.45, 2.75) is 6.04 Å². The normalized spacial score (nSPS) is 11.6. The van der Waals surface area contributed by atoms with E-state index in [1.165, 1.54) is 36.6 Å². The Bertz CT molecular complexity index is 570. The highest BCUT2D eigenvalue weighted by atomic mass is 19.1. The average molecular weight is 244 g/mol. The van der Waals surface area contributed by atoms with Crippen molar-refractivity contribution >= 4 is 5.91 Å². The number of hydrogen-bond donors (Lipinski definition) is 1. The van der Waals surface area contributed by atoms with E-state index < -0.39 is 17.8 Å². The molecule has 90 valence electrons. The van der Waals surface area contributed by atoms with Crippen LogP contribution in [0.3, 0.4) is 0 Å². The van der Waals surface area contributed by atoms with Crippen LogP contribution >= 0.6 is 0 Å². The molecule has 0 radical (unpaired) electrons. The molecular weight excluding hydrogens is 235 g/mol. The Balaban J connectivity index is 2.13. The first kappa shape index (κ1) is 11.9. The molecule has 1 heterocycles. The van der Waals surface area contributed by atoms with Crippen LogP contribution in [0.2, 0.25) is 0 Å². The van der Waals surface area contributed by atoms with Crippen LogP contribution in [0, 0.1) is 17.1 Å². The molecule has 4 nitrogen and oxygen atoms in total. The van der Waals surface area contributed by atoms with Crippen LogP contribution in [0.4, 0.5) is 4.39 Å². The number of nitrogens with one attached hydrogen (secondary N) is 1. The number of nitriles is 1. The van der Waals surface area contributed by atoms with Crippen LogP contribution in [0.5, 0.6) is 0 Å². The Hall–Kier alpha value is -2.61. The van der Waals surface area contributed by atoms with Crippen molar-refractivity contribution in [2.24, 2.45) is 0 Å². The van der Waals surface area contributed by atoms with E-state index in [-0.39, 0.29) is 5.76 Å². The van der Waals surface area contributed by atoms with Crippen LogP contribution in [0.15, 0.2) is 47.1 Å². The van der Waals surface area contributed by atoms with Gasteiger partial charge in [-0.2, -0.15) is 5.26 Å². The molecule has 0 spiro atoms. The van der Waals surface area contributed by atoms with Crippen LogP contribution in [0.1, 0.15) is 22.2 Å². The predicted octanol–water partition coefficient (Wildman–Crippen LogP) is 2.41. The van der Waals surface area contributed by atoms with Crippen molar-refractivity contribution in [1.82, 2.24) is 5.32 Å². The molecule has 1 atom stereocenters. The SMILES string of the molecule is N#CC(NC(=O)c1ccco1)c1ccc(F)cc1. The standard InChI is InChI=1S/C13H9FN2O2/c14-10-5-3-9(4-6-10)11(8-15)16-13(17)12-2-1-7-18-12/h1-7,11H,(H,16,17). The van der Waals surface area contributed by atoms with Gasteiger partial charge in [-0.3, -0.25) is 4.79 Å². The van der Waals surface area contributed by atoms with Gasteiger partial charge in [-0.1, -0.05) is 12.1 Å². The van der Waals surface area contributed by atoms with E-state index in [4.69, 9.17) is 9.68 Å². The molecule has 0 aliphatic heterocycles. The number of benzene rings is 1. The highest BCUT2D eigenvalue weighted by molar-refractivity contribution is 5.91. The molecule has 0 aliphatic carbocycles. The fourth-order valence-electron chi connectivity index (χ4n) is 1.46. The third kappa shape index (κ3) is 2.55. The van der Waals surface area contributed by atoms with Gasteiger partial charge in [0.05, 0.1) is 12.3 Å². The first-order chi connectivity index (χ1) is 8.70. The summed E-state index contributed by atoms with van der Waals surface area (Å²) in [4.78, 5) is 11.7. The summed E-state index contributed by atoms with van der Waals surface area (Å²) in [6.07, 6.45) is 1.37. The number of halogens is 1. The van der Waals surface area contributed by atoms with Gasteiger partial charge >= 0.3 is 0 Å². The molecule has 2 aromatic rings. The molecule has 0 aliphatic rings. The molecule has 1 unspecified atom stereocenters. The third-order valence-corrected chi connectivity index (χ3v) is 2.35. The fourth-order valence-corrected chi connectivity index (χ4v) is 1.46. The molecular formula is C13H9FN2O2. The first-order valence-electron chi connectivity index (χ1n) is 5.20. The summed E-state index contributed by atoms with van der Waals surface area (Å²) in [5.74, 6) is -0.763. The van der Waals surface area contributed by atoms with Gasteiger partial charge < -0.3 is 9.73 Å². The molecule has 0 bridgehead atoms. The molecule has 1 aromatic heterocycles. The Morgan fingerprint density at radius 2 is 2.06 bits per heavy atom. The molecule has 18 heavy (non-hydrogen) atoms. The van der Waals surface area contributed by atoms with E-state index in [0.717, 1.165) is 0 Å². The third-order valence-electron chi connectivity index (χ3n) is 2.35. The Morgan fingerprint density at radius 3 is 2.61 bits per heavy atom. The lowest BCUT2D eigenvalue weighted by molar-refractivity contribution is 0.0917. The minimum atomic E-state index is -0.844. The molecule has 2 rings (SSSR count). The van der Waals surface area contributed by atoms with Crippen molar-refractivity contribution in [3.8, 4) is 6.07 Å². The summed E-state index contributed by atoms with van der Waals surface area (Å²) in [5, 5.41) is 11.5. The van der Waals surface area contributed by atoms with E-state index >= 15 is 0 Å². The number of nitrogens with zero attached hydrogens (tertiary/aromatic N) is 1. The van der Waals surface area contributed by atoms with Crippen molar-refractivity contribution < 1.29 is 13.6 Å². The highest BCUT2D eigenvalue weighted by Crippen LogP contribution is 2.13. The fraction of sp³-hybridized carbons (Fsp3) is 0.0769. The number of carbonyl (C=O) groups is 1. The number of amides is 1. The van der Waals surface area contributed by atoms with Crippen molar-refractivity contribution in [3.63, 3.8) is 0 Å². The summed E-state index contributed by atoms with van der Waals surface area (Å²) in [6.45, 7) is 0. The molecule has 1 amide bonds. The van der Waals surface area contributed by atoms with Crippen molar-refractivity contribution in [2.75, 3.05) is 0 Å². The van der Waals surface area contributed by atoms with Gasteiger partial charge in [0.1, 0.15) is 11.9 Å². The summed E-state index contributed by atoms with van der Waals surface area (Å²) in [7, 11) is 0. The maximum atomic E-state index is 12.8. The lowest BCUT2D eigenvalue weighted by atomic mass is 10.1. The minimum Gasteiger partial charge on any atom is -0.459 e. The zero-order valence-electron chi connectivity index (χ0n) is 9.26. The van der Waals surface area contributed by atoms with Gasteiger partial charge in [0.15, 0.2) is 5.76 Å². The van der Waals surface area contributed by atoms with Gasteiger partial charge in [-0.25, -0.2) is 4.39 Å². The van der Waals surface area contributed by atoms with E-state index in [1.54, 1.807) is 6.07 Å². The van der Waals surface area contributed by atoms with E-state index in [2.05, 4.69) is 5.32 Å². The molecule has 0 saturated carbocycles. The minimum absolute atomic E-state index is 0.123. The summed E-state index contributed by atoms with van der Waals surface area (Å²) in [5.41, 5.74) is 0.513. The van der Waals surface area contributed by atoms with Gasteiger partial charge in [0, 0.05) is 0 Å². The summed E-state index contributed by atoms with van der Waals surface area (Å²) in [6, 6.07) is 9.53. The van der Waals surface area contributed by atoms with Crippen molar-refractivity contribution in [3.05, 3.63) is 59.8 Å². The van der Waals surface area contributed by atoms with Gasteiger partial charge in [-0.15, -0.1) is 0 Å². The quantitative estimate of drug-likeness (QED) is 0.901. The second kappa shape index (κ2) is 5.15. The zero-order chi connectivity index (χ0) is 13.0. The first-order valence-corrected chi connectivity index (χ1v) is 5.20. The smallest absolute Gasteiger partial charge is 0.288 e. The van der Waals surface area contributed by atoms with Gasteiger partial charge in [0.25, 0.3) is 5.91 Å². The van der Waals surface area contributed by atoms with Crippen LogP contribution < -0.4 is 5.32 Å². The largest absolute Gasteiger partial charge is 0.459 e. The number of carbonyl (C=O) groups excluding carboxylic acids is 1. The van der Waals surface area contributed by atoms with Crippen LogP contribution in [-0.2, 0) is 0 Å². The second-order valence-corrected chi connectivity index (χ2v) is 3.56. The lowest BCUT2D eigenvalue weighted by Crippen LogP contribution is -2.27. The monoisotopic (exact) mass is 244 g/mol. The number of furan rings is 1. The molecule has 0 saturated heterocycles. The maximum absolute atomic E-state index is 12.8. The van der Waals surface area contributed by atoms with Crippen LogP contribution in [-0.4, -0.2) is 5.91 Å². The molecule has 1 aromatic carbocycles. The second-order valence-electron chi connectivity index (χ2n) is 3.56. The maximum Gasteiger partial charge on any atom is 0.288 e. The van der Waals surface area contributed by atoms with Gasteiger partial charge in [0.2, 0.25) is 0 Å². The lowest BCUT2D eigenvalue weighted by Gasteiger charge is -2.10. The zero-order valence-corrected chi connectivity index (χ0v) is 9.26. The van der Waals surface area contributed by atoms with E-state index in [0.29, 0.717) is 5.56 Å². The molecule has 1 N–H and O–H groups in total. The van der Waals surface area contributed by atoms with Crippen molar-refractivity contribution in [1.29, 1.82) is 5.26 Å². The number of hydrogen-bond acceptors (Lipinski definition) is 3. The summed E-state index contributed by atoms with van der Waals surface area (Å²) < 4.78 is 17.7. The van der Waals surface area contributed by atoms with Crippen LogP contribution in [0.25, 0.3) is 0 Å². The Labute approximate surface area is 103 Å². The molecule has 0 fully saturated rings. The Morgan fingerprint density at radius 1 is 1.33 bits per heavy atom. The average Bonchev–Trinajstić information content (AvgIpc) is 2.91. The van der Waals surface area contributed by atoms with Gasteiger partial charge in [-0.05, 0) is 29.8 Å². The molecule has 5 heteroatoms. The topological polar surface area (TPSA) is 66.0 Å². The Kier molecular flexibility index (Phi) is 3.39. The summed E-state index contributed by atoms with van der Waals surface area (Å²) >= 11 is 0. The number of rotatable bonds is 3. The highest BCUT2D eigenvalue weighted by Gasteiger charge is 2.16. The van der Waals surface area contributed by atoms with E-state index in [9.17, 15) is 9.18 Å². The predicted molar refractivity (Wildman–Crippen MR) is 60.9 cm³/mol. The van der Waals surface area contributed by atoms with E-state index in [1.807, 2.05) is 6.07 Å².